The minimum absolute atomic E-state index is 0.265. The summed E-state index contributed by atoms with van der Waals surface area (Å²) in [4.78, 5) is 16.6. The maximum atomic E-state index is 10.8. The summed E-state index contributed by atoms with van der Waals surface area (Å²) in [5.41, 5.74) is 2.00. The molecule has 1 aromatic rings. The van der Waals surface area contributed by atoms with Crippen molar-refractivity contribution in [1.82, 2.24) is 9.88 Å². The quantitative estimate of drug-likeness (QED) is 0.763. The van der Waals surface area contributed by atoms with Gasteiger partial charge in [0, 0.05) is 30.4 Å². The Bertz CT molecular complexity index is 379. The number of nitrogens with zero attached hydrogens (tertiary/aromatic N) is 2. The number of amides is 1. The molecule has 4 heteroatoms. The third-order valence-corrected chi connectivity index (χ3v) is 2.79. The van der Waals surface area contributed by atoms with Crippen molar-refractivity contribution in [2.24, 2.45) is 0 Å². The van der Waals surface area contributed by atoms with Crippen LogP contribution in [0.5, 0.6) is 0 Å². The normalized spacial score (nSPS) is 20.6. The van der Waals surface area contributed by atoms with Crippen molar-refractivity contribution in [3.05, 3.63) is 29.6 Å². The third-order valence-electron chi connectivity index (χ3n) is 2.79. The Morgan fingerprint density at radius 3 is 3.00 bits per heavy atom. The highest BCUT2D eigenvalue weighted by Gasteiger charge is 2.27. The van der Waals surface area contributed by atoms with E-state index in [0.717, 1.165) is 17.8 Å². The molecule has 1 saturated heterocycles. The molecule has 0 radical (unpaired) electrons. The summed E-state index contributed by atoms with van der Waals surface area (Å²) in [5, 5.41) is 8.84. The van der Waals surface area contributed by atoms with Crippen molar-refractivity contribution in [2.45, 2.75) is 19.3 Å². The van der Waals surface area contributed by atoms with Crippen LogP contribution in [0.3, 0.4) is 0 Å². The molecular weight excluding hydrogens is 192 g/mol. The lowest BCUT2D eigenvalue weighted by Crippen LogP contribution is -2.26. The van der Waals surface area contributed by atoms with Gasteiger partial charge in [0.15, 0.2) is 0 Å². The van der Waals surface area contributed by atoms with Crippen molar-refractivity contribution in [3.63, 3.8) is 0 Å². The summed E-state index contributed by atoms with van der Waals surface area (Å²) in [6.07, 6.45) is 0.0492. The Balaban J connectivity index is 2.11. The van der Waals surface area contributed by atoms with E-state index in [1.165, 1.54) is 4.90 Å². The van der Waals surface area contributed by atoms with Gasteiger partial charge < -0.3 is 10.0 Å². The molecule has 0 aliphatic carbocycles. The molecule has 4 nitrogen and oxygen atoms in total. The molecule has 1 atom stereocenters. The van der Waals surface area contributed by atoms with Crippen LogP contribution in [-0.2, 0) is 0 Å². The van der Waals surface area contributed by atoms with Gasteiger partial charge >= 0.3 is 6.09 Å². The summed E-state index contributed by atoms with van der Waals surface area (Å²) in [6, 6.07) is 5.90. The predicted molar refractivity (Wildman–Crippen MR) is 55.9 cm³/mol. The van der Waals surface area contributed by atoms with Crippen LogP contribution in [0.2, 0.25) is 0 Å². The molecule has 0 spiro atoms. The van der Waals surface area contributed by atoms with Gasteiger partial charge in [0.05, 0.1) is 0 Å². The van der Waals surface area contributed by atoms with Crippen molar-refractivity contribution in [1.29, 1.82) is 0 Å². The number of likely N-dealkylation sites (tertiary alicyclic amines) is 1. The van der Waals surface area contributed by atoms with Gasteiger partial charge in [-0.05, 0) is 25.5 Å². The highest BCUT2D eigenvalue weighted by molar-refractivity contribution is 5.65. The van der Waals surface area contributed by atoms with Crippen LogP contribution in [0, 0.1) is 6.92 Å². The zero-order valence-corrected chi connectivity index (χ0v) is 8.68. The van der Waals surface area contributed by atoms with Gasteiger partial charge in [-0.25, -0.2) is 4.79 Å². The van der Waals surface area contributed by atoms with E-state index in [9.17, 15) is 4.79 Å². The molecule has 1 fully saturated rings. The molecule has 0 unspecified atom stereocenters. The lowest BCUT2D eigenvalue weighted by Gasteiger charge is -2.12. The number of carbonyl (C=O) groups is 1. The monoisotopic (exact) mass is 206 g/mol. The minimum Gasteiger partial charge on any atom is -0.465 e. The van der Waals surface area contributed by atoms with Crippen LogP contribution in [0.4, 0.5) is 4.79 Å². The lowest BCUT2D eigenvalue weighted by molar-refractivity contribution is 0.155. The number of rotatable bonds is 1. The van der Waals surface area contributed by atoms with Gasteiger partial charge in [-0.15, -0.1) is 0 Å². The number of pyridine rings is 1. The second-order valence-corrected chi connectivity index (χ2v) is 3.92. The van der Waals surface area contributed by atoms with Crippen molar-refractivity contribution in [2.75, 3.05) is 13.1 Å². The molecule has 1 N–H and O–H groups in total. The van der Waals surface area contributed by atoms with Gasteiger partial charge in [-0.1, -0.05) is 6.07 Å². The first-order valence-corrected chi connectivity index (χ1v) is 5.08. The van der Waals surface area contributed by atoms with Gasteiger partial charge in [0.25, 0.3) is 0 Å². The first kappa shape index (κ1) is 9.96. The first-order valence-electron chi connectivity index (χ1n) is 5.08. The molecule has 2 heterocycles. The fourth-order valence-corrected chi connectivity index (χ4v) is 1.97. The first-order chi connectivity index (χ1) is 7.16. The summed E-state index contributed by atoms with van der Waals surface area (Å²) in [5.74, 6) is 0.265. The average molecular weight is 206 g/mol. The van der Waals surface area contributed by atoms with Crippen molar-refractivity contribution >= 4 is 6.09 Å². The molecule has 0 saturated carbocycles. The standard InChI is InChI=1S/C11H14N2O2/c1-8-3-2-4-10(12-8)9-5-6-13(7-9)11(14)15/h2-4,9H,5-7H2,1H3,(H,14,15)/t9-/m0/s1. The Morgan fingerprint density at radius 1 is 1.60 bits per heavy atom. The zero-order chi connectivity index (χ0) is 10.8. The zero-order valence-electron chi connectivity index (χ0n) is 8.68. The van der Waals surface area contributed by atoms with Crippen molar-refractivity contribution in [3.8, 4) is 0 Å². The summed E-state index contributed by atoms with van der Waals surface area (Å²) < 4.78 is 0. The second-order valence-electron chi connectivity index (χ2n) is 3.92. The van der Waals surface area contributed by atoms with Crippen LogP contribution in [0.25, 0.3) is 0 Å². The van der Waals surface area contributed by atoms with Gasteiger partial charge in [-0.2, -0.15) is 0 Å². The number of aromatic nitrogens is 1. The van der Waals surface area contributed by atoms with E-state index in [1.54, 1.807) is 0 Å². The number of hydrogen-bond acceptors (Lipinski definition) is 2. The van der Waals surface area contributed by atoms with Crippen LogP contribution in [0.1, 0.15) is 23.7 Å². The molecule has 1 aliphatic rings. The van der Waals surface area contributed by atoms with Gasteiger partial charge in [0.1, 0.15) is 0 Å². The topological polar surface area (TPSA) is 53.4 Å². The van der Waals surface area contributed by atoms with Gasteiger partial charge in [0.2, 0.25) is 0 Å². The van der Waals surface area contributed by atoms with E-state index >= 15 is 0 Å². The number of aryl methyl sites for hydroxylation is 1. The average Bonchev–Trinajstić information content (AvgIpc) is 2.66. The fourth-order valence-electron chi connectivity index (χ4n) is 1.97. The highest BCUT2D eigenvalue weighted by atomic mass is 16.4. The maximum Gasteiger partial charge on any atom is 0.407 e. The number of hydrogen-bond donors (Lipinski definition) is 1. The van der Waals surface area contributed by atoms with Gasteiger partial charge in [-0.3, -0.25) is 4.98 Å². The smallest absolute Gasteiger partial charge is 0.407 e. The van der Waals surface area contributed by atoms with E-state index in [2.05, 4.69) is 4.98 Å². The maximum absolute atomic E-state index is 10.8. The SMILES string of the molecule is Cc1cccc([C@H]2CCN(C(=O)O)C2)n1. The Labute approximate surface area is 88.6 Å². The molecule has 0 aromatic carbocycles. The molecule has 1 aromatic heterocycles. The lowest BCUT2D eigenvalue weighted by atomic mass is 10.0. The van der Waals surface area contributed by atoms with E-state index in [0.29, 0.717) is 13.1 Å². The molecule has 15 heavy (non-hydrogen) atoms. The van der Waals surface area contributed by atoms with Crippen LogP contribution >= 0.6 is 0 Å². The molecule has 1 aliphatic heterocycles. The molecule has 2 rings (SSSR count). The van der Waals surface area contributed by atoms with E-state index in [4.69, 9.17) is 5.11 Å². The Morgan fingerprint density at radius 2 is 2.40 bits per heavy atom. The van der Waals surface area contributed by atoms with Crippen LogP contribution < -0.4 is 0 Å². The molecule has 80 valence electrons. The third kappa shape index (κ3) is 2.09. The van der Waals surface area contributed by atoms with E-state index < -0.39 is 6.09 Å². The predicted octanol–water partition coefficient (Wildman–Crippen LogP) is 1.86. The van der Waals surface area contributed by atoms with Crippen LogP contribution in [0.15, 0.2) is 18.2 Å². The molecular formula is C11H14N2O2. The van der Waals surface area contributed by atoms with Crippen molar-refractivity contribution < 1.29 is 9.90 Å². The summed E-state index contributed by atoms with van der Waals surface area (Å²) in [6.45, 7) is 3.15. The fraction of sp³-hybridized carbons (Fsp3) is 0.455. The molecule has 1 amide bonds. The highest BCUT2D eigenvalue weighted by Crippen LogP contribution is 2.25. The summed E-state index contributed by atoms with van der Waals surface area (Å²) >= 11 is 0. The largest absolute Gasteiger partial charge is 0.465 e. The number of carboxylic acid groups (broad SMARTS) is 1. The van der Waals surface area contributed by atoms with Crippen LogP contribution in [-0.4, -0.2) is 34.2 Å². The minimum atomic E-state index is -0.829. The summed E-state index contributed by atoms with van der Waals surface area (Å²) in [7, 11) is 0. The second kappa shape index (κ2) is 3.88. The Kier molecular flexibility index (Phi) is 2.58. The Hall–Kier alpha value is -1.58. The van der Waals surface area contributed by atoms with E-state index in [1.807, 2.05) is 25.1 Å². The molecule has 0 bridgehead atoms. The van der Waals surface area contributed by atoms with E-state index in [-0.39, 0.29) is 5.92 Å².